The summed E-state index contributed by atoms with van der Waals surface area (Å²) in [7, 11) is 0. The molecule has 108 valence electrons. The third-order valence-electron chi connectivity index (χ3n) is 2.70. The predicted octanol–water partition coefficient (Wildman–Crippen LogP) is 0.238. The molecule has 1 rings (SSSR count). The van der Waals surface area contributed by atoms with Gasteiger partial charge in [0.2, 0.25) is 0 Å². The van der Waals surface area contributed by atoms with Gasteiger partial charge in [-0.25, -0.2) is 14.0 Å². The summed E-state index contributed by atoms with van der Waals surface area (Å²) in [6.45, 7) is 4.79. The summed E-state index contributed by atoms with van der Waals surface area (Å²) in [5.74, 6) is -2.77. The minimum absolute atomic E-state index is 0.0955. The minimum Gasteiger partial charge on any atom is -0.463 e. The van der Waals surface area contributed by atoms with E-state index in [0.29, 0.717) is 6.42 Å². The highest BCUT2D eigenvalue weighted by Gasteiger charge is 2.60. The van der Waals surface area contributed by atoms with Gasteiger partial charge >= 0.3 is 17.7 Å². The zero-order valence-electron chi connectivity index (χ0n) is 11.0. The molecule has 0 aromatic carbocycles. The minimum atomic E-state index is -3.09. The van der Waals surface area contributed by atoms with Crippen molar-refractivity contribution in [3.05, 3.63) is 0 Å². The molecule has 0 aromatic rings. The average Bonchev–Trinajstić information content (AvgIpc) is 2.35. The monoisotopic (exact) mass is 276 g/mol. The van der Waals surface area contributed by atoms with Crippen molar-refractivity contribution in [1.82, 2.24) is 10.6 Å². The molecule has 0 aliphatic carbocycles. The van der Waals surface area contributed by atoms with Crippen LogP contribution in [-0.2, 0) is 19.1 Å². The molecule has 0 aromatic heterocycles. The van der Waals surface area contributed by atoms with Crippen LogP contribution in [0.15, 0.2) is 0 Å². The van der Waals surface area contributed by atoms with Crippen LogP contribution >= 0.6 is 0 Å². The largest absolute Gasteiger partial charge is 0.463 e. The Morgan fingerprint density at radius 2 is 2.11 bits per heavy atom. The van der Waals surface area contributed by atoms with E-state index in [2.05, 4.69) is 10.1 Å². The second kappa shape index (κ2) is 5.96. The van der Waals surface area contributed by atoms with Crippen molar-refractivity contribution in [3.63, 3.8) is 0 Å². The van der Waals surface area contributed by atoms with Gasteiger partial charge in [-0.2, -0.15) is 0 Å². The molecule has 0 radical (unpaired) electrons. The van der Waals surface area contributed by atoms with E-state index in [1.54, 1.807) is 19.2 Å². The number of imide groups is 1. The van der Waals surface area contributed by atoms with E-state index in [1.807, 2.05) is 0 Å². The van der Waals surface area contributed by atoms with E-state index in [1.165, 1.54) is 6.92 Å². The van der Waals surface area contributed by atoms with Gasteiger partial charge in [0.15, 0.2) is 6.23 Å². The maximum Gasteiger partial charge on any atom is 0.358 e. The third kappa shape index (κ3) is 3.01. The van der Waals surface area contributed by atoms with E-state index in [9.17, 15) is 18.8 Å². The van der Waals surface area contributed by atoms with E-state index in [-0.39, 0.29) is 6.61 Å². The van der Waals surface area contributed by atoms with Crippen molar-refractivity contribution >= 4 is 17.9 Å². The Bertz CT molecular complexity index is 389. The lowest BCUT2D eigenvalue weighted by molar-refractivity contribution is -0.182. The first-order valence-electron chi connectivity index (χ1n) is 5.99. The summed E-state index contributed by atoms with van der Waals surface area (Å²) in [6, 6.07) is -0.920. The highest BCUT2D eigenvalue weighted by molar-refractivity contribution is 6.14. The smallest absolute Gasteiger partial charge is 0.358 e. The molecule has 1 saturated heterocycles. The van der Waals surface area contributed by atoms with Crippen LogP contribution in [0.25, 0.3) is 0 Å². The molecule has 1 aliphatic rings. The van der Waals surface area contributed by atoms with Crippen LogP contribution in [0.3, 0.4) is 0 Å². The Labute approximate surface area is 109 Å². The quantitative estimate of drug-likeness (QED) is 0.554. The van der Waals surface area contributed by atoms with Crippen molar-refractivity contribution in [2.45, 2.75) is 45.2 Å². The number of esters is 1. The van der Waals surface area contributed by atoms with E-state index in [0.717, 1.165) is 0 Å². The summed E-state index contributed by atoms with van der Waals surface area (Å²) in [6.07, 6.45) is -1.63. The number of ether oxygens (including phenoxy) is 2. The van der Waals surface area contributed by atoms with Crippen molar-refractivity contribution in [1.29, 1.82) is 0 Å². The van der Waals surface area contributed by atoms with Crippen LogP contribution in [-0.4, -0.2) is 42.5 Å². The van der Waals surface area contributed by atoms with Gasteiger partial charge in [0.25, 0.3) is 5.91 Å². The second-order valence-electron chi connectivity index (χ2n) is 4.09. The number of carbonyl (C=O) groups excluding carboxylic acids is 3. The maximum atomic E-state index is 14.7. The van der Waals surface area contributed by atoms with Gasteiger partial charge < -0.3 is 14.8 Å². The number of nitrogens with one attached hydrogen (secondary N) is 2. The molecule has 1 aliphatic heterocycles. The first-order valence-corrected chi connectivity index (χ1v) is 5.99. The SMILES string of the molecule is CCOC(=O)C1(F)C(=O)NC(=O)NC1OC(C)CC. The van der Waals surface area contributed by atoms with Gasteiger partial charge in [-0.05, 0) is 20.3 Å². The molecule has 3 atom stereocenters. The summed E-state index contributed by atoms with van der Waals surface area (Å²) >= 11 is 0. The Kier molecular flexibility index (Phi) is 4.82. The number of alkyl halides is 1. The molecule has 19 heavy (non-hydrogen) atoms. The molecule has 1 heterocycles. The Morgan fingerprint density at radius 3 is 2.63 bits per heavy atom. The predicted molar refractivity (Wildman–Crippen MR) is 61.8 cm³/mol. The van der Waals surface area contributed by atoms with Crippen molar-refractivity contribution in [3.8, 4) is 0 Å². The lowest BCUT2D eigenvalue weighted by atomic mass is 10.0. The van der Waals surface area contributed by atoms with Gasteiger partial charge in [0, 0.05) is 0 Å². The summed E-state index contributed by atoms with van der Waals surface area (Å²) in [5, 5.41) is 3.76. The standard InChI is InChI=1S/C11H17FN2O5/c1-4-6(3)19-8-11(12,9(16)18-5-2)7(15)13-10(17)14-8/h6,8H,4-5H2,1-3H3,(H2,13,14,15,17). The molecule has 1 fully saturated rings. The Morgan fingerprint density at radius 1 is 1.47 bits per heavy atom. The first-order chi connectivity index (χ1) is 8.86. The van der Waals surface area contributed by atoms with Crippen LogP contribution in [0.4, 0.5) is 9.18 Å². The van der Waals surface area contributed by atoms with Gasteiger partial charge in [-0.3, -0.25) is 10.1 Å². The van der Waals surface area contributed by atoms with Crippen LogP contribution in [0.2, 0.25) is 0 Å². The fourth-order valence-electron chi connectivity index (χ4n) is 1.46. The number of hydrogen-bond donors (Lipinski definition) is 2. The molecule has 8 heteroatoms. The van der Waals surface area contributed by atoms with Crippen LogP contribution in [0, 0.1) is 0 Å². The van der Waals surface area contributed by atoms with Crippen molar-refractivity contribution in [2.75, 3.05) is 6.61 Å². The molecule has 0 spiro atoms. The molecule has 3 unspecified atom stereocenters. The number of rotatable bonds is 5. The fourth-order valence-corrected chi connectivity index (χ4v) is 1.46. The molecular formula is C11H17FN2O5. The number of amides is 3. The van der Waals surface area contributed by atoms with E-state index in [4.69, 9.17) is 4.74 Å². The Hall–Kier alpha value is -1.70. The lowest BCUT2D eigenvalue weighted by Gasteiger charge is -2.35. The number of urea groups is 1. The third-order valence-corrected chi connectivity index (χ3v) is 2.70. The van der Waals surface area contributed by atoms with E-state index < -0.39 is 35.9 Å². The highest BCUT2D eigenvalue weighted by Crippen LogP contribution is 2.24. The van der Waals surface area contributed by atoms with Crippen LogP contribution in [0.5, 0.6) is 0 Å². The molecule has 0 bridgehead atoms. The summed E-state index contributed by atoms with van der Waals surface area (Å²) < 4.78 is 24.4. The molecule has 7 nitrogen and oxygen atoms in total. The van der Waals surface area contributed by atoms with Gasteiger partial charge in [-0.1, -0.05) is 6.92 Å². The summed E-state index contributed by atoms with van der Waals surface area (Å²) in [4.78, 5) is 34.4. The van der Waals surface area contributed by atoms with Crippen LogP contribution < -0.4 is 10.6 Å². The van der Waals surface area contributed by atoms with Crippen molar-refractivity contribution in [2.24, 2.45) is 0 Å². The Balaban J connectivity index is 3.01. The maximum absolute atomic E-state index is 14.7. The zero-order chi connectivity index (χ0) is 14.6. The molecule has 0 saturated carbocycles. The molecule has 2 N–H and O–H groups in total. The lowest BCUT2D eigenvalue weighted by Crippen LogP contribution is -2.71. The molecular weight excluding hydrogens is 259 g/mol. The topological polar surface area (TPSA) is 93.7 Å². The second-order valence-corrected chi connectivity index (χ2v) is 4.09. The zero-order valence-corrected chi connectivity index (χ0v) is 11.0. The number of carbonyl (C=O) groups is 3. The first kappa shape index (κ1) is 15.4. The number of hydrogen-bond acceptors (Lipinski definition) is 5. The fraction of sp³-hybridized carbons (Fsp3) is 0.727. The average molecular weight is 276 g/mol. The normalized spacial score (nSPS) is 28.3. The highest BCUT2D eigenvalue weighted by atomic mass is 19.1. The van der Waals surface area contributed by atoms with Gasteiger partial charge in [0.1, 0.15) is 0 Å². The molecule has 3 amide bonds. The van der Waals surface area contributed by atoms with E-state index >= 15 is 0 Å². The number of halogens is 1. The van der Waals surface area contributed by atoms with Crippen molar-refractivity contribution < 1.29 is 28.2 Å². The van der Waals surface area contributed by atoms with Gasteiger partial charge in [0.05, 0.1) is 12.7 Å². The summed E-state index contributed by atoms with van der Waals surface area (Å²) in [5.41, 5.74) is -3.09. The van der Waals surface area contributed by atoms with Crippen LogP contribution in [0.1, 0.15) is 27.2 Å². The van der Waals surface area contributed by atoms with Gasteiger partial charge in [-0.15, -0.1) is 0 Å².